The highest BCUT2D eigenvalue weighted by Crippen LogP contribution is 2.20. The summed E-state index contributed by atoms with van der Waals surface area (Å²) < 4.78 is 13.0. The van der Waals surface area contributed by atoms with Crippen molar-refractivity contribution >= 4 is 5.91 Å². The van der Waals surface area contributed by atoms with Crippen molar-refractivity contribution in [3.05, 3.63) is 59.9 Å². The Bertz CT molecular complexity index is 716. The van der Waals surface area contributed by atoms with Crippen LogP contribution < -0.4 is 5.32 Å². The first-order valence-electron chi connectivity index (χ1n) is 9.16. The number of aliphatic hydroxyl groups excluding tert-OH is 1. The number of hydrogen-bond donors (Lipinski definition) is 2. The van der Waals surface area contributed by atoms with Gasteiger partial charge in [-0.15, -0.1) is 0 Å². The van der Waals surface area contributed by atoms with Crippen LogP contribution >= 0.6 is 0 Å². The summed E-state index contributed by atoms with van der Waals surface area (Å²) in [6.45, 7) is 2.48. The van der Waals surface area contributed by atoms with Gasteiger partial charge in [0.05, 0.1) is 6.61 Å². The van der Waals surface area contributed by atoms with Crippen LogP contribution in [0.1, 0.15) is 29.6 Å². The molecule has 1 aliphatic rings. The molecular formula is C21H25FN2O2. The largest absolute Gasteiger partial charge is 0.395 e. The molecule has 138 valence electrons. The van der Waals surface area contributed by atoms with Gasteiger partial charge in [0.15, 0.2) is 0 Å². The average Bonchev–Trinajstić information content (AvgIpc) is 2.69. The maximum atomic E-state index is 13.0. The predicted molar refractivity (Wildman–Crippen MR) is 100 cm³/mol. The van der Waals surface area contributed by atoms with Gasteiger partial charge in [-0.3, -0.25) is 9.69 Å². The highest BCUT2D eigenvalue weighted by molar-refractivity contribution is 5.94. The Labute approximate surface area is 153 Å². The minimum absolute atomic E-state index is 0.104. The van der Waals surface area contributed by atoms with Crippen LogP contribution in [0.5, 0.6) is 0 Å². The van der Waals surface area contributed by atoms with Crippen molar-refractivity contribution in [3.8, 4) is 11.1 Å². The lowest BCUT2D eigenvalue weighted by Crippen LogP contribution is -2.45. The first-order chi connectivity index (χ1) is 12.7. The Morgan fingerprint density at radius 3 is 2.38 bits per heavy atom. The standard InChI is InChI=1S/C21H25FN2O2/c22-19-10-8-17(9-11-19)16-4-6-18(7-5-16)21(26)23-12-14-24-13-2-1-3-20(24)15-25/h4-11,20,25H,1-3,12-15H2,(H,23,26)/t20-/m1/s1. The number of piperidine rings is 1. The number of amides is 1. The molecule has 1 atom stereocenters. The van der Waals surface area contributed by atoms with E-state index in [1.807, 2.05) is 12.1 Å². The fraction of sp³-hybridized carbons (Fsp3) is 0.381. The molecule has 0 unspecified atom stereocenters. The zero-order valence-electron chi connectivity index (χ0n) is 14.8. The molecule has 4 nitrogen and oxygen atoms in total. The molecule has 2 N–H and O–H groups in total. The number of likely N-dealkylation sites (tertiary alicyclic amines) is 1. The van der Waals surface area contributed by atoms with E-state index in [1.54, 1.807) is 24.3 Å². The van der Waals surface area contributed by atoms with Gasteiger partial charge in [0, 0.05) is 24.7 Å². The van der Waals surface area contributed by atoms with E-state index in [-0.39, 0.29) is 24.4 Å². The van der Waals surface area contributed by atoms with E-state index in [4.69, 9.17) is 0 Å². The average molecular weight is 356 g/mol. The molecule has 0 bridgehead atoms. The molecular weight excluding hydrogens is 331 g/mol. The summed E-state index contributed by atoms with van der Waals surface area (Å²) in [5, 5.41) is 12.4. The summed E-state index contributed by atoms with van der Waals surface area (Å²) >= 11 is 0. The Morgan fingerprint density at radius 1 is 1.08 bits per heavy atom. The second-order valence-electron chi connectivity index (χ2n) is 6.71. The minimum atomic E-state index is -0.262. The molecule has 1 saturated heterocycles. The molecule has 0 radical (unpaired) electrons. The maximum Gasteiger partial charge on any atom is 0.251 e. The molecule has 0 saturated carbocycles. The number of rotatable bonds is 6. The second-order valence-corrected chi connectivity index (χ2v) is 6.71. The maximum absolute atomic E-state index is 13.0. The van der Waals surface area contributed by atoms with Crippen molar-refractivity contribution < 1.29 is 14.3 Å². The van der Waals surface area contributed by atoms with E-state index in [9.17, 15) is 14.3 Å². The molecule has 0 spiro atoms. The van der Waals surface area contributed by atoms with E-state index >= 15 is 0 Å². The van der Waals surface area contributed by atoms with Crippen LogP contribution in [0, 0.1) is 5.82 Å². The molecule has 1 aliphatic heterocycles. The van der Waals surface area contributed by atoms with Gasteiger partial charge in [0.2, 0.25) is 0 Å². The SMILES string of the molecule is O=C(NCCN1CCCC[C@@H]1CO)c1ccc(-c2ccc(F)cc2)cc1. The van der Waals surface area contributed by atoms with Crippen LogP contribution in [0.2, 0.25) is 0 Å². The number of carbonyl (C=O) groups is 1. The van der Waals surface area contributed by atoms with Crippen LogP contribution in [0.25, 0.3) is 11.1 Å². The summed E-state index contributed by atoms with van der Waals surface area (Å²) in [4.78, 5) is 14.6. The van der Waals surface area contributed by atoms with Crippen molar-refractivity contribution in [2.45, 2.75) is 25.3 Å². The molecule has 0 aromatic heterocycles. The highest BCUT2D eigenvalue weighted by Gasteiger charge is 2.21. The van der Waals surface area contributed by atoms with Crippen molar-refractivity contribution in [2.24, 2.45) is 0 Å². The Morgan fingerprint density at radius 2 is 1.73 bits per heavy atom. The highest BCUT2D eigenvalue weighted by atomic mass is 19.1. The summed E-state index contributed by atoms with van der Waals surface area (Å²) in [6.07, 6.45) is 3.33. The zero-order valence-corrected chi connectivity index (χ0v) is 14.8. The topological polar surface area (TPSA) is 52.6 Å². The number of carbonyl (C=O) groups excluding carboxylic acids is 1. The molecule has 2 aromatic carbocycles. The van der Waals surface area contributed by atoms with Crippen LogP contribution in [-0.2, 0) is 0 Å². The fourth-order valence-corrected chi connectivity index (χ4v) is 3.43. The van der Waals surface area contributed by atoms with Gasteiger partial charge in [-0.1, -0.05) is 30.7 Å². The minimum Gasteiger partial charge on any atom is -0.395 e. The number of benzene rings is 2. The smallest absolute Gasteiger partial charge is 0.251 e. The molecule has 3 rings (SSSR count). The van der Waals surface area contributed by atoms with Gasteiger partial charge in [-0.2, -0.15) is 0 Å². The molecule has 5 heteroatoms. The van der Waals surface area contributed by atoms with Crippen molar-refractivity contribution in [3.63, 3.8) is 0 Å². The van der Waals surface area contributed by atoms with Crippen molar-refractivity contribution in [2.75, 3.05) is 26.2 Å². The van der Waals surface area contributed by atoms with Gasteiger partial charge in [0.25, 0.3) is 5.91 Å². The van der Waals surface area contributed by atoms with E-state index in [1.165, 1.54) is 12.1 Å². The molecule has 26 heavy (non-hydrogen) atoms. The van der Waals surface area contributed by atoms with E-state index < -0.39 is 0 Å². The monoisotopic (exact) mass is 356 g/mol. The first kappa shape index (κ1) is 18.5. The summed E-state index contributed by atoms with van der Waals surface area (Å²) in [6, 6.07) is 13.8. The lowest BCUT2D eigenvalue weighted by molar-refractivity contribution is 0.0849. The van der Waals surface area contributed by atoms with E-state index in [2.05, 4.69) is 10.2 Å². The summed E-state index contributed by atoms with van der Waals surface area (Å²) in [5.41, 5.74) is 2.47. The zero-order chi connectivity index (χ0) is 18.4. The Hall–Kier alpha value is -2.24. The third kappa shape index (κ3) is 4.68. The quantitative estimate of drug-likeness (QED) is 0.836. The van der Waals surface area contributed by atoms with Gasteiger partial charge in [0.1, 0.15) is 5.82 Å². The molecule has 2 aromatic rings. The van der Waals surface area contributed by atoms with Crippen LogP contribution in [0.3, 0.4) is 0 Å². The van der Waals surface area contributed by atoms with Crippen LogP contribution in [0.15, 0.2) is 48.5 Å². The fourth-order valence-electron chi connectivity index (χ4n) is 3.43. The number of halogens is 1. The first-order valence-corrected chi connectivity index (χ1v) is 9.16. The molecule has 1 heterocycles. The van der Waals surface area contributed by atoms with Crippen LogP contribution in [-0.4, -0.2) is 48.2 Å². The summed E-state index contributed by atoms with van der Waals surface area (Å²) in [7, 11) is 0. The lowest BCUT2D eigenvalue weighted by Gasteiger charge is -2.34. The Balaban J connectivity index is 1.52. The molecule has 0 aliphatic carbocycles. The predicted octanol–water partition coefficient (Wildman–Crippen LogP) is 3.07. The lowest BCUT2D eigenvalue weighted by atomic mass is 10.0. The molecule has 1 amide bonds. The van der Waals surface area contributed by atoms with Gasteiger partial charge < -0.3 is 10.4 Å². The van der Waals surface area contributed by atoms with Gasteiger partial charge in [-0.25, -0.2) is 4.39 Å². The number of hydrogen-bond acceptors (Lipinski definition) is 3. The normalized spacial score (nSPS) is 17.8. The van der Waals surface area contributed by atoms with E-state index in [0.29, 0.717) is 12.1 Å². The number of nitrogens with zero attached hydrogens (tertiary/aromatic N) is 1. The molecule has 1 fully saturated rings. The number of nitrogens with one attached hydrogen (secondary N) is 1. The van der Waals surface area contributed by atoms with Gasteiger partial charge >= 0.3 is 0 Å². The van der Waals surface area contributed by atoms with Crippen LogP contribution in [0.4, 0.5) is 4.39 Å². The van der Waals surface area contributed by atoms with E-state index in [0.717, 1.165) is 43.5 Å². The third-order valence-corrected chi connectivity index (χ3v) is 4.97. The van der Waals surface area contributed by atoms with Gasteiger partial charge in [-0.05, 0) is 54.8 Å². The second kappa shape index (κ2) is 8.92. The third-order valence-electron chi connectivity index (χ3n) is 4.97. The van der Waals surface area contributed by atoms with Crippen molar-refractivity contribution in [1.29, 1.82) is 0 Å². The number of aliphatic hydroxyl groups is 1. The Kier molecular flexibility index (Phi) is 6.36. The van der Waals surface area contributed by atoms with Crippen molar-refractivity contribution in [1.82, 2.24) is 10.2 Å². The summed E-state index contributed by atoms with van der Waals surface area (Å²) in [5.74, 6) is -0.366.